The van der Waals surface area contributed by atoms with Crippen LogP contribution in [0, 0.1) is 12.8 Å². The molecule has 1 unspecified atom stereocenters. The second kappa shape index (κ2) is 3.89. The van der Waals surface area contributed by atoms with Crippen molar-refractivity contribution in [3.8, 4) is 0 Å². The number of hydrogen-bond acceptors (Lipinski definition) is 2. The predicted molar refractivity (Wildman–Crippen MR) is 62.7 cm³/mol. The topological polar surface area (TPSA) is 16.1 Å². The molecule has 0 saturated carbocycles. The van der Waals surface area contributed by atoms with Crippen molar-refractivity contribution in [2.45, 2.75) is 20.3 Å². The van der Waals surface area contributed by atoms with E-state index in [9.17, 15) is 0 Å². The molecule has 1 saturated heterocycles. The van der Waals surface area contributed by atoms with Gasteiger partial charge in [0.2, 0.25) is 0 Å². The third-order valence-corrected chi connectivity index (χ3v) is 3.61. The summed E-state index contributed by atoms with van der Waals surface area (Å²) in [7, 11) is 0. The average Bonchev–Trinajstić information content (AvgIpc) is 2.57. The Morgan fingerprint density at radius 1 is 1.57 bits per heavy atom. The molecule has 2 rings (SSSR count). The summed E-state index contributed by atoms with van der Waals surface area (Å²) in [6.45, 7) is 6.70. The molecule has 2 heterocycles. The maximum atomic E-state index is 4.43. The van der Waals surface area contributed by atoms with Crippen molar-refractivity contribution in [3.05, 3.63) is 22.3 Å². The first kappa shape index (κ1) is 9.97. The van der Waals surface area contributed by atoms with Crippen LogP contribution in [0.2, 0.25) is 0 Å². The normalized spacial score (nSPS) is 21.6. The highest BCUT2D eigenvalue weighted by molar-refractivity contribution is 9.10. The van der Waals surface area contributed by atoms with Gasteiger partial charge in [-0.05, 0) is 46.8 Å². The molecule has 0 aliphatic carbocycles. The van der Waals surface area contributed by atoms with Gasteiger partial charge in [0, 0.05) is 23.8 Å². The van der Waals surface area contributed by atoms with Gasteiger partial charge in [-0.2, -0.15) is 0 Å². The van der Waals surface area contributed by atoms with Crippen LogP contribution in [0.15, 0.2) is 16.7 Å². The van der Waals surface area contributed by atoms with Gasteiger partial charge in [-0.1, -0.05) is 6.92 Å². The van der Waals surface area contributed by atoms with E-state index < -0.39 is 0 Å². The molecule has 0 radical (unpaired) electrons. The first-order valence-corrected chi connectivity index (χ1v) is 5.83. The number of rotatable bonds is 1. The second-order valence-corrected chi connectivity index (χ2v) is 4.99. The smallest absolute Gasteiger partial charge is 0.128 e. The first-order chi connectivity index (χ1) is 6.66. The van der Waals surface area contributed by atoms with Gasteiger partial charge < -0.3 is 4.90 Å². The molecule has 0 aromatic carbocycles. The van der Waals surface area contributed by atoms with Gasteiger partial charge in [0.25, 0.3) is 0 Å². The number of halogens is 1. The van der Waals surface area contributed by atoms with Gasteiger partial charge in [-0.15, -0.1) is 0 Å². The molecular weight excluding hydrogens is 240 g/mol. The fraction of sp³-hybridized carbons (Fsp3) is 0.545. The van der Waals surface area contributed by atoms with E-state index in [1.807, 2.05) is 6.20 Å². The van der Waals surface area contributed by atoms with Gasteiger partial charge in [-0.3, -0.25) is 0 Å². The number of anilines is 1. The highest BCUT2D eigenvalue weighted by atomic mass is 79.9. The summed E-state index contributed by atoms with van der Waals surface area (Å²) in [5, 5.41) is 0. The molecular formula is C11H15BrN2. The molecule has 1 aliphatic heterocycles. The molecule has 0 spiro atoms. The molecule has 0 amide bonds. The number of pyridine rings is 1. The van der Waals surface area contributed by atoms with Gasteiger partial charge in [-0.25, -0.2) is 4.98 Å². The zero-order chi connectivity index (χ0) is 10.1. The van der Waals surface area contributed by atoms with E-state index in [-0.39, 0.29) is 0 Å². The van der Waals surface area contributed by atoms with E-state index in [1.54, 1.807) is 0 Å². The van der Waals surface area contributed by atoms with E-state index in [1.165, 1.54) is 12.0 Å². The average molecular weight is 255 g/mol. The molecule has 1 fully saturated rings. The monoisotopic (exact) mass is 254 g/mol. The van der Waals surface area contributed by atoms with Gasteiger partial charge >= 0.3 is 0 Å². The van der Waals surface area contributed by atoms with Crippen molar-refractivity contribution in [1.82, 2.24) is 4.98 Å². The Labute approximate surface area is 93.5 Å². The summed E-state index contributed by atoms with van der Waals surface area (Å²) in [5.74, 6) is 1.93. The maximum absolute atomic E-state index is 4.43. The molecule has 3 heteroatoms. The first-order valence-electron chi connectivity index (χ1n) is 5.04. The van der Waals surface area contributed by atoms with Crippen LogP contribution in [0.5, 0.6) is 0 Å². The highest BCUT2D eigenvalue weighted by Crippen LogP contribution is 2.24. The Morgan fingerprint density at radius 2 is 2.36 bits per heavy atom. The molecule has 76 valence electrons. The van der Waals surface area contributed by atoms with Crippen LogP contribution in [0.4, 0.5) is 5.82 Å². The van der Waals surface area contributed by atoms with Crippen LogP contribution >= 0.6 is 15.9 Å². The van der Waals surface area contributed by atoms with Crippen LogP contribution in [0.25, 0.3) is 0 Å². The van der Waals surface area contributed by atoms with Crippen LogP contribution in [-0.4, -0.2) is 18.1 Å². The van der Waals surface area contributed by atoms with Crippen LogP contribution in [0.1, 0.15) is 18.9 Å². The SMILES string of the molecule is Cc1cc(N2CCC(C)C2)ncc1Br. The van der Waals surface area contributed by atoms with E-state index in [0.29, 0.717) is 0 Å². The lowest BCUT2D eigenvalue weighted by Crippen LogP contribution is -2.20. The van der Waals surface area contributed by atoms with E-state index in [4.69, 9.17) is 0 Å². The lowest BCUT2D eigenvalue weighted by molar-refractivity contribution is 0.659. The fourth-order valence-corrected chi connectivity index (χ4v) is 2.06. The summed E-state index contributed by atoms with van der Waals surface area (Å²) in [4.78, 5) is 6.80. The lowest BCUT2D eigenvalue weighted by Gasteiger charge is -2.17. The zero-order valence-corrected chi connectivity index (χ0v) is 10.2. The maximum Gasteiger partial charge on any atom is 0.128 e. The third-order valence-electron chi connectivity index (χ3n) is 2.78. The van der Waals surface area contributed by atoms with Crippen LogP contribution < -0.4 is 4.90 Å². The summed E-state index contributed by atoms with van der Waals surface area (Å²) in [6, 6.07) is 2.15. The lowest BCUT2D eigenvalue weighted by atomic mass is 10.2. The molecule has 2 nitrogen and oxygen atoms in total. The van der Waals surface area contributed by atoms with E-state index >= 15 is 0 Å². The van der Waals surface area contributed by atoms with Crippen molar-refractivity contribution >= 4 is 21.7 Å². The standard InChI is InChI=1S/C11H15BrN2/c1-8-3-4-14(7-8)11-5-9(2)10(12)6-13-11/h5-6,8H,3-4,7H2,1-2H3. The van der Waals surface area contributed by atoms with E-state index in [0.717, 1.165) is 29.3 Å². The van der Waals surface area contributed by atoms with E-state index in [2.05, 4.69) is 45.7 Å². The Balaban J connectivity index is 2.20. The molecule has 1 aromatic rings. The largest absolute Gasteiger partial charge is 0.356 e. The number of aryl methyl sites for hydroxylation is 1. The highest BCUT2D eigenvalue weighted by Gasteiger charge is 2.19. The zero-order valence-electron chi connectivity index (χ0n) is 8.63. The van der Waals surface area contributed by atoms with Crippen molar-refractivity contribution in [3.63, 3.8) is 0 Å². The summed E-state index contributed by atoms with van der Waals surface area (Å²) < 4.78 is 1.09. The predicted octanol–water partition coefficient (Wildman–Crippen LogP) is 3.00. The Bertz CT molecular complexity index is 338. The number of nitrogens with zero attached hydrogens (tertiary/aromatic N) is 2. The van der Waals surface area contributed by atoms with Crippen molar-refractivity contribution < 1.29 is 0 Å². The fourth-order valence-electron chi connectivity index (χ4n) is 1.84. The van der Waals surface area contributed by atoms with Crippen LogP contribution in [-0.2, 0) is 0 Å². The minimum absolute atomic E-state index is 0.806. The Kier molecular flexibility index (Phi) is 2.77. The number of aromatic nitrogens is 1. The molecule has 1 aromatic heterocycles. The molecule has 1 atom stereocenters. The van der Waals surface area contributed by atoms with Crippen molar-refractivity contribution in [2.75, 3.05) is 18.0 Å². The molecule has 14 heavy (non-hydrogen) atoms. The van der Waals surface area contributed by atoms with Crippen molar-refractivity contribution in [1.29, 1.82) is 0 Å². The summed E-state index contributed by atoms with van der Waals surface area (Å²) >= 11 is 3.47. The molecule has 0 bridgehead atoms. The minimum atomic E-state index is 0.806. The quantitative estimate of drug-likeness (QED) is 0.766. The van der Waals surface area contributed by atoms with Crippen molar-refractivity contribution in [2.24, 2.45) is 5.92 Å². The summed E-state index contributed by atoms with van der Waals surface area (Å²) in [6.07, 6.45) is 3.18. The van der Waals surface area contributed by atoms with Gasteiger partial charge in [0.1, 0.15) is 5.82 Å². The third kappa shape index (κ3) is 1.92. The van der Waals surface area contributed by atoms with Gasteiger partial charge in [0.15, 0.2) is 0 Å². The summed E-state index contributed by atoms with van der Waals surface area (Å²) in [5.41, 5.74) is 1.26. The van der Waals surface area contributed by atoms with Crippen LogP contribution in [0.3, 0.4) is 0 Å². The Morgan fingerprint density at radius 3 is 2.93 bits per heavy atom. The molecule has 0 N–H and O–H groups in total. The molecule has 1 aliphatic rings. The Hall–Kier alpha value is -0.570. The number of hydrogen-bond donors (Lipinski definition) is 0. The van der Waals surface area contributed by atoms with Gasteiger partial charge in [0.05, 0.1) is 0 Å². The minimum Gasteiger partial charge on any atom is -0.356 e. The second-order valence-electron chi connectivity index (χ2n) is 4.13.